The molecule has 3 aromatic rings. The number of carbonyl (C=O) groups excluding carboxylic acids is 1. The molecule has 1 aromatic carbocycles. The number of aryl methyl sites for hydroxylation is 2. The number of aromatic nitrogens is 3. The van der Waals surface area contributed by atoms with Gasteiger partial charge < -0.3 is 24.6 Å². The van der Waals surface area contributed by atoms with Crippen LogP contribution in [0.3, 0.4) is 0 Å². The van der Waals surface area contributed by atoms with Crippen molar-refractivity contribution in [3.05, 3.63) is 65.6 Å². The van der Waals surface area contributed by atoms with Crippen molar-refractivity contribution in [3.8, 4) is 11.6 Å². The van der Waals surface area contributed by atoms with Gasteiger partial charge in [-0.05, 0) is 82.0 Å². The van der Waals surface area contributed by atoms with E-state index in [1.54, 1.807) is 60.3 Å². The molecular weight excluding hydrogens is 657 g/mol. The Labute approximate surface area is 296 Å². The summed E-state index contributed by atoms with van der Waals surface area (Å²) in [7, 11) is -0.0225. The van der Waals surface area contributed by atoms with Crippen molar-refractivity contribution in [2.75, 3.05) is 78.0 Å². The van der Waals surface area contributed by atoms with Crippen LogP contribution in [0.1, 0.15) is 53.6 Å². The van der Waals surface area contributed by atoms with Crippen LogP contribution < -0.4 is 19.7 Å². The lowest BCUT2D eigenvalue weighted by molar-refractivity contribution is 0.0218. The third kappa shape index (κ3) is 7.88. The van der Waals surface area contributed by atoms with Crippen LogP contribution in [0.2, 0.25) is 0 Å². The highest BCUT2D eigenvalue weighted by Gasteiger charge is 2.42. The average molecular weight is 707 g/mol. The second-order valence-electron chi connectivity index (χ2n) is 13.8. The van der Waals surface area contributed by atoms with Gasteiger partial charge in [-0.2, -0.15) is 9.29 Å². The number of methoxy groups -OCH3 is 1. The zero-order chi connectivity index (χ0) is 35.3. The van der Waals surface area contributed by atoms with Crippen molar-refractivity contribution in [1.82, 2.24) is 34.4 Å². The van der Waals surface area contributed by atoms with Gasteiger partial charge in [-0.1, -0.05) is 6.42 Å². The molecule has 0 aliphatic carbocycles. The Morgan fingerprint density at radius 3 is 2.34 bits per heavy atom. The maximum absolute atomic E-state index is 14.0. The first-order valence-electron chi connectivity index (χ1n) is 17.6. The molecule has 0 saturated carbocycles. The summed E-state index contributed by atoms with van der Waals surface area (Å²) < 4.78 is 41.2. The van der Waals surface area contributed by atoms with Crippen LogP contribution in [0, 0.1) is 13.8 Å². The zero-order valence-electron chi connectivity index (χ0n) is 29.7. The second-order valence-corrected chi connectivity index (χ2v) is 15.6. The van der Waals surface area contributed by atoms with Gasteiger partial charge in [0, 0.05) is 88.1 Å². The highest BCUT2D eigenvalue weighted by Crippen LogP contribution is 2.33. The molecule has 3 saturated heterocycles. The van der Waals surface area contributed by atoms with E-state index in [9.17, 15) is 13.2 Å². The summed E-state index contributed by atoms with van der Waals surface area (Å²) in [6.07, 6.45) is 9.12. The molecule has 6 rings (SSSR count). The van der Waals surface area contributed by atoms with E-state index in [1.807, 2.05) is 13.8 Å². The summed E-state index contributed by atoms with van der Waals surface area (Å²) in [6, 6.07) is 8.43. The highest BCUT2D eigenvalue weighted by atomic mass is 32.2. The third-order valence-corrected chi connectivity index (χ3v) is 12.8. The molecule has 0 spiro atoms. The predicted molar refractivity (Wildman–Crippen MR) is 191 cm³/mol. The van der Waals surface area contributed by atoms with E-state index >= 15 is 0 Å². The first kappa shape index (κ1) is 36.0. The number of hydrogen-bond acceptors (Lipinski definition) is 11. The molecule has 270 valence electrons. The van der Waals surface area contributed by atoms with Crippen LogP contribution in [0.5, 0.6) is 11.6 Å². The molecule has 1 amide bonds. The van der Waals surface area contributed by atoms with Crippen LogP contribution in [0.25, 0.3) is 0 Å². The number of nitrogens with zero attached hydrogens (tertiary/aromatic N) is 7. The molecule has 50 heavy (non-hydrogen) atoms. The Morgan fingerprint density at radius 2 is 1.66 bits per heavy atom. The zero-order valence-corrected chi connectivity index (χ0v) is 30.5. The van der Waals surface area contributed by atoms with Crippen LogP contribution in [0.15, 0.2) is 53.8 Å². The molecule has 0 radical (unpaired) electrons. The first-order chi connectivity index (χ1) is 24.1. The molecule has 1 unspecified atom stereocenters. The van der Waals surface area contributed by atoms with Crippen molar-refractivity contribution >= 4 is 21.9 Å². The SMILES string of the molecule is COc1cc(C)c(S(=O)(=O)N2CCCCC2COc2ccnc(N3CCC(CNC(=O)c4ccncc4)(N4CCN(C)CC4)CC3)n2)c(C)c1. The van der Waals surface area contributed by atoms with Crippen molar-refractivity contribution < 1.29 is 22.7 Å². The van der Waals surface area contributed by atoms with Crippen molar-refractivity contribution in [1.29, 1.82) is 0 Å². The van der Waals surface area contributed by atoms with Crippen LogP contribution in [-0.4, -0.2) is 128 Å². The predicted octanol–water partition coefficient (Wildman–Crippen LogP) is 3.14. The number of rotatable bonds is 11. The fraction of sp³-hybridized carbons (Fsp3) is 0.556. The Kier molecular flexibility index (Phi) is 11.2. The number of pyridine rings is 1. The lowest BCUT2D eigenvalue weighted by Gasteiger charge is -2.51. The van der Waals surface area contributed by atoms with Crippen molar-refractivity contribution in [2.45, 2.75) is 62.4 Å². The van der Waals surface area contributed by atoms with E-state index in [-0.39, 0.29) is 24.1 Å². The fourth-order valence-electron chi connectivity index (χ4n) is 7.62. The van der Waals surface area contributed by atoms with E-state index in [2.05, 4.69) is 37.0 Å². The molecule has 13 nitrogen and oxygen atoms in total. The van der Waals surface area contributed by atoms with E-state index in [0.29, 0.717) is 58.7 Å². The molecule has 2 aromatic heterocycles. The Morgan fingerprint density at radius 1 is 0.960 bits per heavy atom. The smallest absolute Gasteiger partial charge is 0.251 e. The van der Waals surface area contributed by atoms with Gasteiger partial charge in [-0.3, -0.25) is 14.7 Å². The lowest BCUT2D eigenvalue weighted by Crippen LogP contribution is -2.64. The number of benzene rings is 1. The number of piperazine rings is 1. The number of hydrogen-bond donors (Lipinski definition) is 1. The number of likely N-dealkylation sites (N-methyl/N-ethyl adjacent to an activating group) is 1. The summed E-state index contributed by atoms with van der Waals surface area (Å²) in [5.41, 5.74) is 1.77. The van der Waals surface area contributed by atoms with E-state index in [1.165, 1.54) is 0 Å². The molecule has 3 aliphatic heterocycles. The number of carbonyl (C=O) groups is 1. The van der Waals surface area contributed by atoms with Gasteiger partial charge in [0.15, 0.2) is 0 Å². The monoisotopic (exact) mass is 706 g/mol. The number of ether oxygens (including phenoxy) is 2. The minimum Gasteiger partial charge on any atom is -0.497 e. The number of nitrogens with one attached hydrogen (secondary N) is 1. The van der Waals surface area contributed by atoms with Crippen molar-refractivity contribution in [3.63, 3.8) is 0 Å². The molecule has 14 heteroatoms. The third-order valence-electron chi connectivity index (χ3n) is 10.5. The van der Waals surface area contributed by atoms with Gasteiger partial charge in [0.2, 0.25) is 21.9 Å². The molecule has 3 aliphatic rings. The Bertz CT molecular complexity index is 1700. The minimum absolute atomic E-state index is 0.0879. The topological polar surface area (TPSA) is 133 Å². The Hall–Kier alpha value is -3.85. The van der Waals surface area contributed by atoms with Gasteiger partial charge >= 0.3 is 0 Å². The van der Waals surface area contributed by atoms with Crippen LogP contribution >= 0.6 is 0 Å². The minimum atomic E-state index is -3.76. The van der Waals surface area contributed by atoms with Crippen molar-refractivity contribution in [2.24, 2.45) is 0 Å². The van der Waals surface area contributed by atoms with E-state index < -0.39 is 10.0 Å². The standard InChI is InChI=1S/C36H50N8O5S/c1-27-23-31(48-4)24-28(2)33(27)50(46,47)44-16-6-5-7-30(44)25-49-32-10-15-38-35(40-32)42-17-11-36(12-18-42,43-21-19-41(3)20-22-43)26-39-34(45)29-8-13-37-14-9-29/h8-10,13-15,23-24,30H,5-7,11-12,16-22,25-26H2,1-4H3,(H,39,45). The number of amides is 1. The molecule has 1 N–H and O–H groups in total. The highest BCUT2D eigenvalue weighted by molar-refractivity contribution is 7.89. The molecule has 5 heterocycles. The number of anilines is 1. The summed E-state index contributed by atoms with van der Waals surface area (Å²) in [5, 5.41) is 3.22. The van der Waals surface area contributed by atoms with Crippen LogP contribution in [0.4, 0.5) is 5.95 Å². The van der Waals surface area contributed by atoms with E-state index in [4.69, 9.17) is 14.5 Å². The lowest BCUT2D eigenvalue weighted by atomic mass is 9.84. The Balaban J connectivity index is 1.12. The van der Waals surface area contributed by atoms with Gasteiger partial charge in [-0.15, -0.1) is 0 Å². The maximum atomic E-state index is 14.0. The molecule has 0 bridgehead atoms. The van der Waals surface area contributed by atoms with Gasteiger partial charge in [0.05, 0.1) is 18.0 Å². The molecular formula is C36H50N8O5S. The van der Waals surface area contributed by atoms with Gasteiger partial charge in [-0.25, -0.2) is 13.4 Å². The maximum Gasteiger partial charge on any atom is 0.251 e. The number of piperidine rings is 2. The second kappa shape index (κ2) is 15.6. The largest absolute Gasteiger partial charge is 0.497 e. The molecule has 3 fully saturated rings. The summed E-state index contributed by atoms with van der Waals surface area (Å²) in [5.74, 6) is 1.57. The average Bonchev–Trinajstić information content (AvgIpc) is 3.13. The van der Waals surface area contributed by atoms with E-state index in [0.717, 1.165) is 65.0 Å². The van der Waals surface area contributed by atoms with Gasteiger partial charge in [0.1, 0.15) is 12.4 Å². The summed E-state index contributed by atoms with van der Waals surface area (Å²) in [4.78, 5) is 33.8. The van der Waals surface area contributed by atoms with Crippen LogP contribution in [-0.2, 0) is 10.0 Å². The summed E-state index contributed by atoms with van der Waals surface area (Å²) >= 11 is 0. The number of sulfonamides is 1. The molecule has 1 atom stereocenters. The first-order valence-corrected chi connectivity index (χ1v) is 19.0. The quantitative estimate of drug-likeness (QED) is 0.316. The normalized spacial score (nSPS) is 20.7. The van der Waals surface area contributed by atoms with Gasteiger partial charge in [0.25, 0.3) is 5.91 Å². The fourth-order valence-corrected chi connectivity index (χ4v) is 9.71. The summed E-state index contributed by atoms with van der Waals surface area (Å²) in [6.45, 7) is 10.2.